The molecule has 0 amide bonds. The zero-order valence-corrected chi connectivity index (χ0v) is 22.5. The number of fused-ring (bicyclic) bond motifs is 2. The molecule has 2 aromatic carbocycles. The molecule has 0 saturated carbocycles. The molecule has 35 heavy (non-hydrogen) atoms. The van der Waals surface area contributed by atoms with Gasteiger partial charge in [-0.25, -0.2) is 8.78 Å². The average molecular weight is 552 g/mol. The lowest BCUT2D eigenvalue weighted by molar-refractivity contribution is 0.111. The lowest BCUT2D eigenvalue weighted by atomic mass is 9.91. The first-order valence-electron chi connectivity index (χ1n) is 13.0. The summed E-state index contributed by atoms with van der Waals surface area (Å²) in [5.74, 6) is 1.90. The fourth-order valence-corrected chi connectivity index (χ4v) is 5.07. The second-order valence-electron chi connectivity index (χ2n) is 9.73. The van der Waals surface area contributed by atoms with Crippen molar-refractivity contribution in [2.24, 2.45) is 11.8 Å². The van der Waals surface area contributed by atoms with E-state index in [2.05, 4.69) is 29.8 Å². The van der Waals surface area contributed by atoms with Crippen molar-refractivity contribution >= 4 is 22.2 Å². The largest absolute Gasteiger partial charge is 0.493 e. The number of carbonyl (C=O) groups excluding carboxylic acids is 1. The number of carbonyl (C=O) groups is 1. The van der Waals surface area contributed by atoms with Crippen molar-refractivity contribution in [3.63, 3.8) is 0 Å². The first kappa shape index (κ1) is 27.6. The van der Waals surface area contributed by atoms with E-state index in [4.69, 9.17) is 9.47 Å². The van der Waals surface area contributed by atoms with Crippen LogP contribution in [0.4, 0.5) is 8.78 Å². The molecule has 0 aliphatic carbocycles. The average Bonchev–Trinajstić information content (AvgIpc) is 2.85. The first-order chi connectivity index (χ1) is 16.9. The highest BCUT2D eigenvalue weighted by Gasteiger charge is 2.22. The molecule has 2 atom stereocenters. The highest BCUT2D eigenvalue weighted by Crippen LogP contribution is 2.34. The zero-order valence-electron chi connectivity index (χ0n) is 20.9. The summed E-state index contributed by atoms with van der Waals surface area (Å²) in [6, 6.07) is 6.31. The van der Waals surface area contributed by atoms with Crippen molar-refractivity contribution in [1.29, 1.82) is 0 Å². The van der Waals surface area contributed by atoms with Gasteiger partial charge in [0.15, 0.2) is 6.29 Å². The molecular formula is C29H37BrF2O3. The van der Waals surface area contributed by atoms with Crippen LogP contribution < -0.4 is 9.47 Å². The highest BCUT2D eigenvalue weighted by atomic mass is 79.9. The fourth-order valence-electron chi connectivity index (χ4n) is 4.75. The number of halogens is 3. The molecule has 0 bridgehead atoms. The molecule has 0 aromatic heterocycles. The Morgan fingerprint density at radius 3 is 1.86 bits per heavy atom. The summed E-state index contributed by atoms with van der Waals surface area (Å²) >= 11 is 3.19. The summed E-state index contributed by atoms with van der Waals surface area (Å²) < 4.78 is 38.8. The lowest BCUT2D eigenvalue weighted by Crippen LogP contribution is -2.21. The van der Waals surface area contributed by atoms with Crippen LogP contribution in [0.5, 0.6) is 11.5 Å². The van der Waals surface area contributed by atoms with Crippen molar-refractivity contribution in [1.82, 2.24) is 0 Å². The fraction of sp³-hybridized carbons (Fsp3) is 0.552. The Morgan fingerprint density at radius 1 is 0.829 bits per heavy atom. The monoisotopic (exact) mass is 550 g/mol. The predicted molar refractivity (Wildman–Crippen MR) is 140 cm³/mol. The minimum Gasteiger partial charge on any atom is -0.493 e. The Labute approximate surface area is 216 Å². The van der Waals surface area contributed by atoms with E-state index in [0.717, 1.165) is 42.7 Å². The molecule has 0 radical (unpaired) electrons. The number of hydrogen-bond acceptors (Lipinski definition) is 3. The quantitative estimate of drug-likeness (QED) is 0.232. The van der Waals surface area contributed by atoms with Crippen LogP contribution in [0.1, 0.15) is 86.7 Å². The van der Waals surface area contributed by atoms with Crippen LogP contribution >= 0.6 is 15.9 Å². The Hall–Kier alpha value is -1.95. The third-order valence-corrected chi connectivity index (χ3v) is 7.42. The van der Waals surface area contributed by atoms with Crippen LogP contribution in [0, 0.1) is 23.5 Å². The smallest absolute Gasteiger partial charge is 0.153 e. The number of unbranched alkanes of at least 4 members (excludes halogenated alkanes) is 4. The summed E-state index contributed by atoms with van der Waals surface area (Å²) in [4.78, 5) is 10.7. The summed E-state index contributed by atoms with van der Waals surface area (Å²) in [7, 11) is 0. The van der Waals surface area contributed by atoms with Gasteiger partial charge < -0.3 is 9.47 Å². The number of ether oxygens (including phenoxy) is 2. The van der Waals surface area contributed by atoms with Gasteiger partial charge >= 0.3 is 0 Å². The number of aldehydes is 1. The standard InChI is InChI=1S/C15H19FO2.C14H18BrFO/c1-2-3-4-5-11-6-12-7-14(16)13(9-17)8-15(12)18-10-11;1-2-3-4-5-10-6-11-7-13(16)12(15)8-14(11)17-9-10/h7-9,11H,2-6,10H2,1H3;7-8,10H,2-6,9H2,1H3. The summed E-state index contributed by atoms with van der Waals surface area (Å²) in [5, 5.41) is 0. The Bertz CT molecular complexity index is 979. The molecule has 2 aliphatic heterocycles. The van der Waals surface area contributed by atoms with Gasteiger partial charge in [-0.3, -0.25) is 4.79 Å². The van der Waals surface area contributed by atoms with Gasteiger partial charge in [0.25, 0.3) is 0 Å². The van der Waals surface area contributed by atoms with Crippen molar-refractivity contribution in [2.75, 3.05) is 13.2 Å². The van der Waals surface area contributed by atoms with E-state index in [1.807, 2.05) is 0 Å². The normalized spacial score (nSPS) is 18.3. The third kappa shape index (κ3) is 8.03. The van der Waals surface area contributed by atoms with Crippen molar-refractivity contribution in [3.8, 4) is 11.5 Å². The molecule has 2 unspecified atom stereocenters. The summed E-state index contributed by atoms with van der Waals surface area (Å²) in [6.07, 6.45) is 12.1. The second kappa shape index (κ2) is 14.0. The number of hydrogen-bond donors (Lipinski definition) is 0. The molecule has 2 aromatic rings. The first-order valence-corrected chi connectivity index (χ1v) is 13.8. The van der Waals surface area contributed by atoms with E-state index in [1.165, 1.54) is 57.1 Å². The molecule has 0 N–H and O–H groups in total. The van der Waals surface area contributed by atoms with Gasteiger partial charge in [-0.1, -0.05) is 52.4 Å². The van der Waals surface area contributed by atoms with Crippen LogP contribution in [0.3, 0.4) is 0 Å². The highest BCUT2D eigenvalue weighted by molar-refractivity contribution is 9.10. The summed E-state index contributed by atoms with van der Waals surface area (Å²) in [6.45, 7) is 5.85. The molecule has 4 rings (SSSR count). The molecular weight excluding hydrogens is 514 g/mol. The van der Waals surface area contributed by atoms with Gasteiger partial charge in [0.2, 0.25) is 0 Å². The van der Waals surface area contributed by atoms with Crippen molar-refractivity contribution in [3.05, 3.63) is 57.1 Å². The predicted octanol–water partition coefficient (Wildman–Crippen LogP) is 8.49. The van der Waals surface area contributed by atoms with Gasteiger partial charge in [-0.05, 0) is 88.8 Å². The van der Waals surface area contributed by atoms with Crippen molar-refractivity contribution < 1.29 is 23.0 Å². The van der Waals surface area contributed by atoms with Gasteiger partial charge in [0, 0.05) is 0 Å². The van der Waals surface area contributed by atoms with E-state index in [0.29, 0.717) is 35.0 Å². The van der Waals surface area contributed by atoms with E-state index < -0.39 is 5.82 Å². The van der Waals surface area contributed by atoms with E-state index in [1.54, 1.807) is 12.1 Å². The molecule has 0 saturated heterocycles. The van der Waals surface area contributed by atoms with Crippen LogP contribution in [0.2, 0.25) is 0 Å². The van der Waals surface area contributed by atoms with Crippen LogP contribution in [0.15, 0.2) is 28.7 Å². The summed E-state index contributed by atoms with van der Waals surface area (Å²) in [5.41, 5.74) is 1.99. The Kier molecular flexibility index (Phi) is 11.0. The third-order valence-electron chi connectivity index (χ3n) is 6.81. The molecule has 2 heterocycles. The zero-order chi connectivity index (χ0) is 25.2. The SMILES string of the molecule is CCCCCC1COc2cc(Br)c(F)cc2C1.CCCCCC1COc2cc(C=O)c(F)cc2C1. The topological polar surface area (TPSA) is 35.5 Å². The number of rotatable bonds is 9. The lowest BCUT2D eigenvalue weighted by Gasteiger charge is -2.25. The van der Waals surface area contributed by atoms with Crippen LogP contribution in [-0.2, 0) is 12.8 Å². The van der Waals surface area contributed by atoms with Crippen LogP contribution in [-0.4, -0.2) is 19.5 Å². The minimum absolute atomic E-state index is 0.0817. The van der Waals surface area contributed by atoms with E-state index >= 15 is 0 Å². The maximum absolute atomic E-state index is 13.5. The van der Waals surface area contributed by atoms with Gasteiger partial charge in [0.05, 0.1) is 23.2 Å². The Morgan fingerprint density at radius 2 is 1.34 bits per heavy atom. The maximum atomic E-state index is 13.5. The Balaban J connectivity index is 0.000000196. The van der Waals surface area contributed by atoms with Crippen LogP contribution in [0.25, 0.3) is 0 Å². The van der Waals surface area contributed by atoms with Crippen molar-refractivity contribution in [2.45, 2.75) is 78.1 Å². The molecule has 0 fully saturated rings. The van der Waals surface area contributed by atoms with Gasteiger partial charge in [-0.2, -0.15) is 0 Å². The molecule has 3 nitrogen and oxygen atoms in total. The second-order valence-corrected chi connectivity index (χ2v) is 10.6. The van der Waals surface area contributed by atoms with Gasteiger partial charge in [0.1, 0.15) is 23.1 Å². The maximum Gasteiger partial charge on any atom is 0.153 e. The van der Waals surface area contributed by atoms with Gasteiger partial charge in [-0.15, -0.1) is 0 Å². The minimum atomic E-state index is -0.443. The van der Waals surface area contributed by atoms with E-state index in [9.17, 15) is 13.6 Å². The van der Waals surface area contributed by atoms with E-state index in [-0.39, 0.29) is 11.4 Å². The molecule has 6 heteroatoms. The molecule has 192 valence electrons. The number of benzene rings is 2. The molecule has 0 spiro atoms. The molecule has 2 aliphatic rings.